The van der Waals surface area contributed by atoms with Crippen molar-refractivity contribution in [1.29, 1.82) is 0 Å². The van der Waals surface area contributed by atoms with Crippen molar-refractivity contribution in [3.05, 3.63) is 47.8 Å². The molecule has 0 aliphatic carbocycles. The molecule has 0 unspecified atom stereocenters. The minimum Gasteiger partial charge on any atom is -0.366 e. The Morgan fingerprint density at radius 1 is 1.16 bits per heavy atom. The quantitative estimate of drug-likeness (QED) is 0.795. The van der Waals surface area contributed by atoms with E-state index in [4.69, 9.17) is 0 Å². The third-order valence-corrected chi connectivity index (χ3v) is 4.60. The first-order valence-corrected chi connectivity index (χ1v) is 7.62. The highest BCUT2D eigenvalue weighted by atomic mass is 32.2. The van der Waals surface area contributed by atoms with Crippen LogP contribution >= 0.6 is 0 Å². The monoisotopic (exact) mass is 277 g/mol. The van der Waals surface area contributed by atoms with Gasteiger partial charge in [0.15, 0.2) is 0 Å². The summed E-state index contributed by atoms with van der Waals surface area (Å²) in [5.41, 5.74) is 3.03. The molecule has 100 valence electrons. The van der Waals surface area contributed by atoms with Crippen LogP contribution in [0.3, 0.4) is 0 Å². The smallest absolute Gasteiger partial charge is 0.263 e. The summed E-state index contributed by atoms with van der Waals surface area (Å²) in [5.74, 6) is 0. The number of aromatic nitrogens is 1. The van der Waals surface area contributed by atoms with Crippen LogP contribution in [0.1, 0.15) is 11.1 Å². The average molecular weight is 277 g/mol. The van der Waals surface area contributed by atoms with Crippen LogP contribution in [0.4, 0.5) is 5.69 Å². The summed E-state index contributed by atoms with van der Waals surface area (Å²) >= 11 is 0. The van der Waals surface area contributed by atoms with Gasteiger partial charge in [-0.05, 0) is 42.3 Å². The van der Waals surface area contributed by atoms with E-state index in [1.807, 2.05) is 18.2 Å². The van der Waals surface area contributed by atoms with E-state index in [0.29, 0.717) is 5.69 Å². The summed E-state index contributed by atoms with van der Waals surface area (Å²) in [6, 6.07) is 7.23. The molecule has 0 saturated heterocycles. The first-order chi connectivity index (χ1) is 9.15. The fourth-order valence-corrected chi connectivity index (χ4v) is 3.26. The van der Waals surface area contributed by atoms with Gasteiger partial charge in [-0.15, -0.1) is 0 Å². The number of hydrogen-bond acceptors (Lipinski definition) is 3. The molecule has 3 rings (SSSR count). The topological polar surface area (TPSA) is 74.0 Å². The Labute approximate surface area is 112 Å². The highest BCUT2D eigenvalue weighted by Crippen LogP contribution is 2.21. The predicted molar refractivity (Wildman–Crippen MR) is 73.5 cm³/mol. The van der Waals surface area contributed by atoms with E-state index in [1.54, 1.807) is 6.20 Å². The number of nitrogens with one attached hydrogen (secondary N) is 3. The van der Waals surface area contributed by atoms with Crippen LogP contribution in [-0.4, -0.2) is 19.9 Å². The number of benzene rings is 1. The number of aromatic amines is 1. The summed E-state index contributed by atoms with van der Waals surface area (Å²) in [5, 5.41) is 3.28. The van der Waals surface area contributed by atoms with Crippen LogP contribution in [0, 0.1) is 0 Å². The second-order valence-corrected chi connectivity index (χ2v) is 6.24. The van der Waals surface area contributed by atoms with Gasteiger partial charge in [0.05, 0.1) is 0 Å². The van der Waals surface area contributed by atoms with Gasteiger partial charge in [0.25, 0.3) is 10.0 Å². The van der Waals surface area contributed by atoms with E-state index >= 15 is 0 Å². The second-order valence-electron chi connectivity index (χ2n) is 4.56. The van der Waals surface area contributed by atoms with Gasteiger partial charge in [-0.1, -0.05) is 6.07 Å². The highest BCUT2D eigenvalue weighted by Gasteiger charge is 2.16. The zero-order valence-corrected chi connectivity index (χ0v) is 11.1. The van der Waals surface area contributed by atoms with E-state index in [2.05, 4.69) is 15.0 Å². The molecule has 1 aromatic heterocycles. The first kappa shape index (κ1) is 12.3. The summed E-state index contributed by atoms with van der Waals surface area (Å²) in [6.45, 7) is 1.76. The van der Waals surface area contributed by atoms with Crippen molar-refractivity contribution in [2.45, 2.75) is 17.9 Å². The normalized spacial score (nSPS) is 14.9. The van der Waals surface area contributed by atoms with Gasteiger partial charge in [0.2, 0.25) is 0 Å². The van der Waals surface area contributed by atoms with Crippen molar-refractivity contribution >= 4 is 15.7 Å². The number of hydrogen-bond donors (Lipinski definition) is 3. The largest absolute Gasteiger partial charge is 0.366 e. The molecule has 0 atom stereocenters. The molecule has 0 spiro atoms. The van der Waals surface area contributed by atoms with E-state index in [9.17, 15) is 8.42 Å². The van der Waals surface area contributed by atoms with Crippen molar-refractivity contribution in [2.24, 2.45) is 0 Å². The summed E-state index contributed by atoms with van der Waals surface area (Å²) in [6.07, 6.45) is 4.04. The summed E-state index contributed by atoms with van der Waals surface area (Å²) in [7, 11) is -3.50. The molecule has 1 aliphatic heterocycles. The van der Waals surface area contributed by atoms with Crippen molar-refractivity contribution in [3.8, 4) is 0 Å². The fraction of sp³-hybridized carbons (Fsp3) is 0.231. The highest BCUT2D eigenvalue weighted by molar-refractivity contribution is 7.92. The Balaban J connectivity index is 1.88. The molecule has 0 fully saturated rings. The van der Waals surface area contributed by atoms with Gasteiger partial charge in [-0.2, -0.15) is 0 Å². The SMILES string of the molecule is O=S(=O)(Nc1ccc2c(c1)CNCC2)c1cc[nH]c1. The average Bonchev–Trinajstić information content (AvgIpc) is 2.93. The Hall–Kier alpha value is -1.79. The molecule has 0 radical (unpaired) electrons. The maximum absolute atomic E-state index is 12.1. The lowest BCUT2D eigenvalue weighted by Gasteiger charge is -2.18. The third-order valence-electron chi connectivity index (χ3n) is 3.22. The van der Waals surface area contributed by atoms with Crippen molar-refractivity contribution < 1.29 is 8.42 Å². The van der Waals surface area contributed by atoms with Crippen LogP contribution in [0.2, 0.25) is 0 Å². The van der Waals surface area contributed by atoms with E-state index in [0.717, 1.165) is 25.1 Å². The van der Waals surface area contributed by atoms with Gasteiger partial charge in [0, 0.05) is 24.6 Å². The van der Waals surface area contributed by atoms with Gasteiger partial charge in [-0.25, -0.2) is 8.42 Å². The van der Waals surface area contributed by atoms with E-state index in [-0.39, 0.29) is 4.90 Å². The lowest BCUT2D eigenvalue weighted by atomic mass is 10.0. The Morgan fingerprint density at radius 3 is 2.84 bits per heavy atom. The number of H-pyrrole nitrogens is 1. The van der Waals surface area contributed by atoms with Crippen molar-refractivity contribution in [2.75, 3.05) is 11.3 Å². The van der Waals surface area contributed by atoms with Crippen LogP contribution in [0.25, 0.3) is 0 Å². The Bertz CT molecular complexity index is 678. The molecule has 2 heterocycles. The Kier molecular flexibility index (Phi) is 3.04. The number of sulfonamides is 1. The molecule has 0 bridgehead atoms. The van der Waals surface area contributed by atoms with Crippen LogP contribution < -0.4 is 10.0 Å². The lowest BCUT2D eigenvalue weighted by molar-refractivity contribution is 0.601. The maximum atomic E-state index is 12.1. The second kappa shape index (κ2) is 4.71. The molecule has 1 aliphatic rings. The summed E-state index contributed by atoms with van der Waals surface area (Å²) < 4.78 is 26.8. The number of anilines is 1. The molecule has 2 aromatic rings. The molecule has 1 aromatic carbocycles. The van der Waals surface area contributed by atoms with Crippen LogP contribution in [0.5, 0.6) is 0 Å². The van der Waals surface area contributed by atoms with Crippen LogP contribution in [-0.2, 0) is 23.0 Å². The van der Waals surface area contributed by atoms with Crippen molar-refractivity contribution in [3.63, 3.8) is 0 Å². The van der Waals surface area contributed by atoms with Gasteiger partial charge in [0.1, 0.15) is 4.90 Å². The van der Waals surface area contributed by atoms with E-state index < -0.39 is 10.0 Å². The van der Waals surface area contributed by atoms with Gasteiger partial charge < -0.3 is 10.3 Å². The first-order valence-electron chi connectivity index (χ1n) is 6.13. The molecule has 0 amide bonds. The minimum atomic E-state index is -3.50. The van der Waals surface area contributed by atoms with Gasteiger partial charge >= 0.3 is 0 Å². The fourth-order valence-electron chi connectivity index (χ4n) is 2.23. The molecule has 5 nitrogen and oxygen atoms in total. The number of fused-ring (bicyclic) bond motifs is 1. The maximum Gasteiger partial charge on any atom is 0.263 e. The lowest BCUT2D eigenvalue weighted by Crippen LogP contribution is -2.23. The summed E-state index contributed by atoms with van der Waals surface area (Å²) in [4.78, 5) is 2.98. The number of rotatable bonds is 3. The predicted octanol–water partition coefficient (Wildman–Crippen LogP) is 1.46. The molecule has 6 heteroatoms. The van der Waals surface area contributed by atoms with Crippen LogP contribution in [0.15, 0.2) is 41.6 Å². The van der Waals surface area contributed by atoms with Crippen molar-refractivity contribution in [1.82, 2.24) is 10.3 Å². The molecular formula is C13H15N3O2S. The zero-order chi connectivity index (χ0) is 13.3. The molecule has 0 saturated carbocycles. The molecule has 3 N–H and O–H groups in total. The third kappa shape index (κ3) is 2.50. The van der Waals surface area contributed by atoms with E-state index in [1.165, 1.54) is 17.8 Å². The minimum absolute atomic E-state index is 0.239. The standard InChI is InChI=1S/C13H15N3O2S/c17-19(18,13-4-6-15-9-13)16-12-2-1-10-3-5-14-8-11(10)7-12/h1-2,4,6-7,9,14-16H,3,5,8H2. The Morgan fingerprint density at radius 2 is 2.05 bits per heavy atom. The zero-order valence-electron chi connectivity index (χ0n) is 10.3. The molecular weight excluding hydrogens is 262 g/mol. The van der Waals surface area contributed by atoms with Gasteiger partial charge in [-0.3, -0.25) is 4.72 Å². The molecule has 19 heavy (non-hydrogen) atoms.